The molecule has 7 heteroatoms. The summed E-state index contributed by atoms with van der Waals surface area (Å²) in [5, 5.41) is 18.5. The molecule has 7 nitrogen and oxygen atoms in total. The normalized spacial score (nSPS) is 15.8. The minimum Gasteiger partial charge on any atom is -0.481 e. The van der Waals surface area contributed by atoms with E-state index >= 15 is 0 Å². The van der Waals surface area contributed by atoms with Gasteiger partial charge in [0.2, 0.25) is 5.88 Å². The van der Waals surface area contributed by atoms with Crippen LogP contribution >= 0.6 is 0 Å². The minimum absolute atomic E-state index is 0.0313. The van der Waals surface area contributed by atoms with Gasteiger partial charge in [-0.2, -0.15) is 5.26 Å². The number of esters is 1. The lowest BCUT2D eigenvalue weighted by molar-refractivity contribution is -0.139. The van der Waals surface area contributed by atoms with Crippen molar-refractivity contribution in [2.75, 3.05) is 6.61 Å². The number of carboxylic acid groups (broad SMARTS) is 1. The lowest BCUT2D eigenvalue weighted by Crippen LogP contribution is -2.25. The summed E-state index contributed by atoms with van der Waals surface area (Å²) in [6.07, 6.45) is -0.0318. The molecule has 0 radical (unpaired) electrons. The van der Waals surface area contributed by atoms with Crippen molar-refractivity contribution in [1.82, 2.24) is 0 Å². The number of rotatable bonds is 6. The van der Waals surface area contributed by atoms with Gasteiger partial charge in [0.15, 0.2) is 0 Å². The second-order valence-electron chi connectivity index (χ2n) is 7.00. The molecule has 3 rings (SSSR count). The SMILES string of the molecule is CCOC(=O)C1=C(C)OC(N)=C(C#N)C1c1ccc(-c2ccc(CC(=O)O)cc2)cc1. The van der Waals surface area contributed by atoms with Crippen LogP contribution in [0, 0.1) is 11.3 Å². The van der Waals surface area contributed by atoms with E-state index in [9.17, 15) is 14.9 Å². The first-order chi connectivity index (χ1) is 14.8. The molecule has 2 aromatic carbocycles. The molecule has 0 aliphatic carbocycles. The Bertz CT molecular complexity index is 1110. The second kappa shape index (κ2) is 9.18. The van der Waals surface area contributed by atoms with Crippen molar-refractivity contribution in [1.29, 1.82) is 5.26 Å². The molecule has 1 aliphatic rings. The maximum absolute atomic E-state index is 12.6. The summed E-state index contributed by atoms with van der Waals surface area (Å²) in [5.74, 6) is -1.85. The van der Waals surface area contributed by atoms with Gasteiger partial charge in [-0.05, 0) is 36.1 Å². The van der Waals surface area contributed by atoms with Gasteiger partial charge in [0, 0.05) is 0 Å². The van der Waals surface area contributed by atoms with E-state index in [2.05, 4.69) is 6.07 Å². The predicted octanol–water partition coefficient (Wildman–Crippen LogP) is 3.63. The molecule has 31 heavy (non-hydrogen) atoms. The lowest BCUT2D eigenvalue weighted by atomic mass is 9.82. The number of hydrogen-bond donors (Lipinski definition) is 2. The van der Waals surface area contributed by atoms with Crippen LogP contribution in [0.15, 0.2) is 71.3 Å². The van der Waals surface area contributed by atoms with E-state index in [1.807, 2.05) is 36.4 Å². The van der Waals surface area contributed by atoms with E-state index in [-0.39, 0.29) is 30.1 Å². The number of nitriles is 1. The summed E-state index contributed by atoms with van der Waals surface area (Å²) in [6, 6.07) is 16.7. The molecule has 2 aromatic rings. The molecular weight excluding hydrogens is 396 g/mol. The topological polar surface area (TPSA) is 123 Å². The van der Waals surface area contributed by atoms with Gasteiger partial charge in [0.05, 0.1) is 24.5 Å². The molecular formula is C24H22N2O5. The molecule has 0 amide bonds. The summed E-state index contributed by atoms with van der Waals surface area (Å²) in [5.41, 5.74) is 9.57. The predicted molar refractivity (Wildman–Crippen MR) is 113 cm³/mol. The Morgan fingerprint density at radius 1 is 1.13 bits per heavy atom. The maximum Gasteiger partial charge on any atom is 0.338 e. The van der Waals surface area contributed by atoms with Crippen molar-refractivity contribution in [3.05, 3.63) is 82.4 Å². The Morgan fingerprint density at radius 3 is 2.23 bits per heavy atom. The number of carbonyl (C=O) groups is 2. The average Bonchev–Trinajstić information content (AvgIpc) is 2.73. The Kier molecular flexibility index (Phi) is 6.41. The Balaban J connectivity index is 1.96. The summed E-state index contributed by atoms with van der Waals surface area (Å²) in [4.78, 5) is 23.4. The molecule has 1 atom stereocenters. The highest BCUT2D eigenvalue weighted by atomic mass is 16.5. The van der Waals surface area contributed by atoms with Crippen molar-refractivity contribution in [2.24, 2.45) is 5.73 Å². The summed E-state index contributed by atoms with van der Waals surface area (Å²) < 4.78 is 10.6. The van der Waals surface area contributed by atoms with E-state index in [0.717, 1.165) is 11.1 Å². The van der Waals surface area contributed by atoms with Crippen molar-refractivity contribution in [3.8, 4) is 17.2 Å². The first-order valence-corrected chi connectivity index (χ1v) is 9.72. The van der Waals surface area contributed by atoms with Crippen molar-refractivity contribution in [3.63, 3.8) is 0 Å². The van der Waals surface area contributed by atoms with Crippen LogP contribution in [0.2, 0.25) is 0 Å². The third kappa shape index (κ3) is 4.59. The van der Waals surface area contributed by atoms with Crippen LogP contribution in [0.4, 0.5) is 0 Å². The first-order valence-electron chi connectivity index (χ1n) is 9.72. The molecule has 0 bridgehead atoms. The zero-order valence-corrected chi connectivity index (χ0v) is 17.2. The van der Waals surface area contributed by atoms with E-state index in [0.29, 0.717) is 16.9 Å². The number of nitrogens with two attached hydrogens (primary N) is 1. The quantitative estimate of drug-likeness (QED) is 0.687. The van der Waals surface area contributed by atoms with E-state index in [4.69, 9.17) is 20.3 Å². The fourth-order valence-electron chi connectivity index (χ4n) is 3.55. The van der Waals surface area contributed by atoms with E-state index in [1.54, 1.807) is 26.0 Å². The van der Waals surface area contributed by atoms with Crippen LogP contribution < -0.4 is 5.73 Å². The first kappa shape index (κ1) is 21.7. The number of aliphatic carboxylic acids is 1. The number of carbonyl (C=O) groups excluding carboxylic acids is 1. The van der Waals surface area contributed by atoms with Gasteiger partial charge in [-0.1, -0.05) is 48.5 Å². The minimum atomic E-state index is -0.880. The summed E-state index contributed by atoms with van der Waals surface area (Å²) in [6.45, 7) is 3.52. The van der Waals surface area contributed by atoms with Gasteiger partial charge in [0.1, 0.15) is 17.4 Å². The Morgan fingerprint density at radius 2 is 1.71 bits per heavy atom. The van der Waals surface area contributed by atoms with Gasteiger partial charge in [-0.25, -0.2) is 4.79 Å². The van der Waals surface area contributed by atoms with Crippen molar-refractivity contribution in [2.45, 2.75) is 26.2 Å². The Labute approximate surface area is 180 Å². The molecule has 0 fully saturated rings. The molecule has 0 saturated heterocycles. The molecule has 0 saturated carbocycles. The van der Waals surface area contributed by atoms with E-state index < -0.39 is 17.9 Å². The third-order valence-electron chi connectivity index (χ3n) is 4.99. The number of hydrogen-bond acceptors (Lipinski definition) is 6. The highest BCUT2D eigenvalue weighted by Crippen LogP contribution is 2.40. The van der Waals surface area contributed by atoms with Crippen LogP contribution in [-0.2, 0) is 25.5 Å². The zero-order valence-electron chi connectivity index (χ0n) is 17.2. The van der Waals surface area contributed by atoms with Gasteiger partial charge in [-0.3, -0.25) is 4.79 Å². The third-order valence-corrected chi connectivity index (χ3v) is 4.99. The fraction of sp³-hybridized carbons (Fsp3) is 0.208. The largest absolute Gasteiger partial charge is 0.481 e. The average molecular weight is 418 g/mol. The van der Waals surface area contributed by atoms with Crippen molar-refractivity contribution < 1.29 is 24.2 Å². The summed E-state index contributed by atoms with van der Waals surface area (Å²) in [7, 11) is 0. The van der Waals surface area contributed by atoms with Crippen LogP contribution in [0.25, 0.3) is 11.1 Å². The van der Waals surface area contributed by atoms with Crippen LogP contribution in [0.3, 0.4) is 0 Å². The van der Waals surface area contributed by atoms with Gasteiger partial charge < -0.3 is 20.3 Å². The molecule has 0 aromatic heterocycles. The van der Waals surface area contributed by atoms with Gasteiger partial charge >= 0.3 is 11.9 Å². The molecule has 1 aliphatic heterocycles. The number of allylic oxidation sites excluding steroid dienone is 2. The monoisotopic (exact) mass is 418 g/mol. The highest BCUT2D eigenvalue weighted by Gasteiger charge is 2.36. The second-order valence-corrected chi connectivity index (χ2v) is 7.00. The van der Waals surface area contributed by atoms with Crippen LogP contribution in [-0.4, -0.2) is 23.7 Å². The number of carboxylic acids is 1. The molecule has 3 N–H and O–H groups in total. The lowest BCUT2D eigenvalue weighted by Gasteiger charge is -2.27. The fourth-order valence-corrected chi connectivity index (χ4v) is 3.55. The molecule has 0 spiro atoms. The standard InChI is InChI=1S/C24H22N2O5/c1-3-30-24(29)21-14(2)31-23(26)19(13-25)22(21)18-10-8-17(9-11-18)16-6-4-15(5-7-16)12-20(27)28/h4-11,22H,3,12,26H2,1-2H3,(H,27,28). The van der Waals surface area contributed by atoms with Crippen LogP contribution in [0.1, 0.15) is 30.9 Å². The molecule has 158 valence electrons. The smallest absolute Gasteiger partial charge is 0.338 e. The van der Waals surface area contributed by atoms with Crippen molar-refractivity contribution >= 4 is 11.9 Å². The van der Waals surface area contributed by atoms with Crippen LogP contribution in [0.5, 0.6) is 0 Å². The zero-order chi connectivity index (χ0) is 22.5. The molecule has 1 heterocycles. The Hall–Kier alpha value is -4.05. The number of ether oxygens (including phenoxy) is 2. The van der Waals surface area contributed by atoms with Gasteiger partial charge in [-0.15, -0.1) is 0 Å². The van der Waals surface area contributed by atoms with E-state index in [1.165, 1.54) is 0 Å². The van der Waals surface area contributed by atoms with Gasteiger partial charge in [0.25, 0.3) is 0 Å². The highest BCUT2D eigenvalue weighted by molar-refractivity contribution is 5.92. The number of nitrogens with zero attached hydrogens (tertiary/aromatic N) is 1. The number of benzene rings is 2. The maximum atomic E-state index is 12.6. The summed E-state index contributed by atoms with van der Waals surface area (Å²) >= 11 is 0. The molecule has 1 unspecified atom stereocenters.